The molecule has 2 N–H and O–H groups in total. The molecule has 2 unspecified atom stereocenters. The summed E-state index contributed by atoms with van der Waals surface area (Å²) in [5.74, 6) is -0.133. The van der Waals surface area contributed by atoms with Crippen LogP contribution in [0.3, 0.4) is 0 Å². The SMILES string of the molecule is CC(=O)c1ccc(NC(=O)C(C)NC(C)c2ccc(Cl)cc2)cc1. The minimum absolute atomic E-state index is 0.000277. The quantitative estimate of drug-likeness (QED) is 0.771. The van der Waals surface area contributed by atoms with Gasteiger partial charge in [0.1, 0.15) is 0 Å². The third-order valence-electron chi connectivity index (χ3n) is 3.82. The van der Waals surface area contributed by atoms with Crippen molar-refractivity contribution in [2.24, 2.45) is 0 Å². The highest BCUT2D eigenvalue weighted by Gasteiger charge is 2.16. The van der Waals surface area contributed by atoms with Gasteiger partial charge >= 0.3 is 0 Å². The maximum absolute atomic E-state index is 12.3. The second-order valence-corrected chi connectivity index (χ2v) is 6.22. The van der Waals surface area contributed by atoms with E-state index in [1.54, 1.807) is 24.3 Å². The fraction of sp³-hybridized carbons (Fsp3) is 0.263. The molecule has 1 amide bonds. The summed E-state index contributed by atoms with van der Waals surface area (Å²) in [6.45, 7) is 5.32. The van der Waals surface area contributed by atoms with Gasteiger partial charge in [0.25, 0.3) is 0 Å². The largest absolute Gasteiger partial charge is 0.325 e. The summed E-state index contributed by atoms with van der Waals surface area (Å²) in [7, 11) is 0. The molecule has 2 rings (SSSR count). The van der Waals surface area contributed by atoms with Crippen LogP contribution in [0.25, 0.3) is 0 Å². The summed E-state index contributed by atoms with van der Waals surface area (Å²) in [6, 6.07) is 14.0. The molecule has 0 spiro atoms. The van der Waals surface area contributed by atoms with Crippen LogP contribution in [0.5, 0.6) is 0 Å². The first-order chi connectivity index (χ1) is 11.4. The van der Waals surface area contributed by atoms with Crippen LogP contribution in [0.2, 0.25) is 5.02 Å². The van der Waals surface area contributed by atoms with Crippen LogP contribution in [-0.4, -0.2) is 17.7 Å². The molecule has 0 bridgehead atoms. The summed E-state index contributed by atoms with van der Waals surface area (Å²) < 4.78 is 0. The monoisotopic (exact) mass is 344 g/mol. The standard InChI is InChI=1S/C19H21ClN2O2/c1-12(15-4-8-17(20)9-5-15)21-13(2)19(24)22-18-10-6-16(7-11-18)14(3)23/h4-13,21H,1-3H3,(H,22,24). The Morgan fingerprint density at radius 2 is 1.54 bits per heavy atom. The van der Waals surface area contributed by atoms with Crippen LogP contribution >= 0.6 is 11.6 Å². The Hall–Kier alpha value is -2.17. The summed E-state index contributed by atoms with van der Waals surface area (Å²) in [5.41, 5.74) is 2.35. The fourth-order valence-electron chi connectivity index (χ4n) is 2.34. The number of nitrogens with one attached hydrogen (secondary N) is 2. The Balaban J connectivity index is 1.93. The molecule has 0 aromatic heterocycles. The van der Waals surface area contributed by atoms with Gasteiger partial charge in [0.15, 0.2) is 5.78 Å². The van der Waals surface area contributed by atoms with Crippen LogP contribution in [0.1, 0.15) is 42.7 Å². The van der Waals surface area contributed by atoms with Crippen molar-refractivity contribution in [2.45, 2.75) is 32.9 Å². The zero-order valence-corrected chi connectivity index (χ0v) is 14.7. The topological polar surface area (TPSA) is 58.2 Å². The van der Waals surface area contributed by atoms with E-state index >= 15 is 0 Å². The molecule has 0 radical (unpaired) electrons. The predicted octanol–water partition coefficient (Wildman–Crippen LogP) is 4.22. The van der Waals surface area contributed by atoms with Gasteiger partial charge < -0.3 is 5.32 Å². The highest BCUT2D eigenvalue weighted by Crippen LogP contribution is 2.17. The zero-order valence-electron chi connectivity index (χ0n) is 14.0. The molecule has 0 saturated heterocycles. The lowest BCUT2D eigenvalue weighted by Gasteiger charge is -2.20. The number of hydrogen-bond donors (Lipinski definition) is 2. The lowest BCUT2D eigenvalue weighted by Crippen LogP contribution is -2.39. The number of anilines is 1. The van der Waals surface area contributed by atoms with E-state index in [0.717, 1.165) is 5.56 Å². The van der Waals surface area contributed by atoms with E-state index in [1.807, 2.05) is 38.1 Å². The molecule has 0 saturated carbocycles. The Morgan fingerprint density at radius 3 is 2.08 bits per heavy atom. The zero-order chi connectivity index (χ0) is 17.7. The number of benzene rings is 2. The van der Waals surface area contributed by atoms with Crippen molar-refractivity contribution in [1.29, 1.82) is 0 Å². The first kappa shape index (κ1) is 18.2. The van der Waals surface area contributed by atoms with Crippen LogP contribution in [0.4, 0.5) is 5.69 Å². The maximum atomic E-state index is 12.3. The predicted molar refractivity (Wildman–Crippen MR) is 97.5 cm³/mol. The smallest absolute Gasteiger partial charge is 0.241 e. The van der Waals surface area contributed by atoms with Gasteiger partial charge in [-0.15, -0.1) is 0 Å². The van der Waals surface area contributed by atoms with Gasteiger partial charge in [-0.25, -0.2) is 0 Å². The third kappa shape index (κ3) is 4.91. The minimum Gasteiger partial charge on any atom is -0.325 e. The molecular formula is C19H21ClN2O2. The number of rotatable bonds is 6. The van der Waals surface area contributed by atoms with E-state index in [1.165, 1.54) is 6.92 Å². The number of carbonyl (C=O) groups is 2. The molecule has 5 heteroatoms. The van der Waals surface area contributed by atoms with E-state index in [-0.39, 0.29) is 23.8 Å². The summed E-state index contributed by atoms with van der Waals surface area (Å²) in [4.78, 5) is 23.5. The van der Waals surface area contributed by atoms with E-state index < -0.39 is 0 Å². The van der Waals surface area contributed by atoms with Crippen LogP contribution in [-0.2, 0) is 4.79 Å². The number of amides is 1. The average Bonchev–Trinajstić information content (AvgIpc) is 2.55. The summed E-state index contributed by atoms with van der Waals surface area (Å²) in [6.07, 6.45) is 0. The second kappa shape index (κ2) is 8.08. The van der Waals surface area contributed by atoms with Crippen molar-refractivity contribution in [3.63, 3.8) is 0 Å². The molecule has 126 valence electrons. The lowest BCUT2D eigenvalue weighted by atomic mass is 10.1. The Kier molecular flexibility index (Phi) is 6.12. The number of carbonyl (C=O) groups excluding carboxylic acids is 2. The molecule has 0 fully saturated rings. The van der Waals surface area contributed by atoms with Gasteiger partial charge in [-0.2, -0.15) is 0 Å². The normalized spacial score (nSPS) is 13.2. The Labute approximate surface area is 147 Å². The number of halogens is 1. The third-order valence-corrected chi connectivity index (χ3v) is 4.07. The molecule has 4 nitrogen and oxygen atoms in total. The first-order valence-electron chi connectivity index (χ1n) is 7.80. The van der Waals surface area contributed by atoms with E-state index in [0.29, 0.717) is 16.3 Å². The van der Waals surface area contributed by atoms with Crippen molar-refractivity contribution in [2.75, 3.05) is 5.32 Å². The van der Waals surface area contributed by atoms with Crippen LogP contribution < -0.4 is 10.6 Å². The maximum Gasteiger partial charge on any atom is 0.241 e. The van der Waals surface area contributed by atoms with E-state index in [2.05, 4.69) is 10.6 Å². The van der Waals surface area contributed by atoms with Gasteiger partial charge in [-0.3, -0.25) is 14.9 Å². The highest BCUT2D eigenvalue weighted by atomic mass is 35.5. The van der Waals surface area contributed by atoms with Gasteiger partial charge in [0, 0.05) is 22.3 Å². The molecule has 0 aliphatic carbocycles. The fourth-order valence-corrected chi connectivity index (χ4v) is 2.46. The van der Waals surface area contributed by atoms with Crippen molar-refractivity contribution >= 4 is 29.0 Å². The number of ketones is 1. The van der Waals surface area contributed by atoms with Gasteiger partial charge in [-0.1, -0.05) is 23.7 Å². The van der Waals surface area contributed by atoms with Crippen LogP contribution in [0, 0.1) is 0 Å². The van der Waals surface area contributed by atoms with Crippen LogP contribution in [0.15, 0.2) is 48.5 Å². The minimum atomic E-state index is -0.372. The van der Waals surface area contributed by atoms with Gasteiger partial charge in [-0.05, 0) is 62.7 Å². The molecule has 0 aliphatic rings. The molecular weight excluding hydrogens is 324 g/mol. The molecule has 0 heterocycles. The highest BCUT2D eigenvalue weighted by molar-refractivity contribution is 6.30. The molecule has 24 heavy (non-hydrogen) atoms. The van der Waals surface area contributed by atoms with Gasteiger partial charge in [0.05, 0.1) is 6.04 Å². The number of hydrogen-bond acceptors (Lipinski definition) is 3. The summed E-state index contributed by atoms with van der Waals surface area (Å²) >= 11 is 5.89. The Morgan fingerprint density at radius 1 is 0.958 bits per heavy atom. The molecule has 2 atom stereocenters. The van der Waals surface area contributed by atoms with Crippen molar-refractivity contribution in [3.05, 3.63) is 64.7 Å². The van der Waals surface area contributed by atoms with Crippen molar-refractivity contribution in [1.82, 2.24) is 5.32 Å². The number of Topliss-reactive ketones (excluding diaryl/α,β-unsaturated/α-hetero) is 1. The molecule has 2 aromatic carbocycles. The molecule has 0 aliphatic heterocycles. The second-order valence-electron chi connectivity index (χ2n) is 5.78. The lowest BCUT2D eigenvalue weighted by molar-refractivity contribution is -0.117. The Bertz CT molecular complexity index is 711. The van der Waals surface area contributed by atoms with Crippen molar-refractivity contribution in [3.8, 4) is 0 Å². The summed E-state index contributed by atoms with van der Waals surface area (Å²) in [5, 5.41) is 6.78. The van der Waals surface area contributed by atoms with Crippen molar-refractivity contribution < 1.29 is 9.59 Å². The molecule has 2 aromatic rings. The van der Waals surface area contributed by atoms with E-state index in [9.17, 15) is 9.59 Å². The van der Waals surface area contributed by atoms with E-state index in [4.69, 9.17) is 11.6 Å². The average molecular weight is 345 g/mol. The first-order valence-corrected chi connectivity index (χ1v) is 8.18. The van der Waals surface area contributed by atoms with Gasteiger partial charge in [0.2, 0.25) is 5.91 Å².